The van der Waals surface area contributed by atoms with Gasteiger partial charge in [-0.3, -0.25) is 0 Å². The average molecular weight is 374 g/mol. The molecule has 1 nitrogen and oxygen atoms in total. The zero-order valence-corrected chi connectivity index (χ0v) is 19.8. The van der Waals surface area contributed by atoms with E-state index in [1.54, 1.807) is 0 Å². The first-order chi connectivity index (χ1) is 12.8. The van der Waals surface area contributed by atoms with Crippen LogP contribution >= 0.6 is 0 Å². The van der Waals surface area contributed by atoms with E-state index in [2.05, 4.69) is 73.3 Å². The fourth-order valence-corrected chi connectivity index (χ4v) is 3.08. The van der Waals surface area contributed by atoms with Gasteiger partial charge in [-0.1, -0.05) is 98.0 Å². The molecule has 0 saturated carbocycles. The van der Waals surface area contributed by atoms with E-state index in [-0.39, 0.29) is 18.3 Å². The first-order valence-corrected chi connectivity index (χ1v) is 11.6. The lowest BCUT2D eigenvalue weighted by molar-refractivity contribution is 0.223. The van der Waals surface area contributed by atoms with Crippen LogP contribution in [-0.2, 0) is 4.65 Å². The van der Waals surface area contributed by atoms with Crippen LogP contribution in [0.2, 0.25) is 5.31 Å². The summed E-state index contributed by atoms with van der Waals surface area (Å²) in [6.07, 6.45) is 15.0. The molecule has 0 amide bonds. The van der Waals surface area contributed by atoms with Crippen molar-refractivity contribution in [2.45, 2.75) is 131 Å². The average Bonchev–Trinajstić information content (AvgIpc) is 2.60. The molecule has 0 aromatic rings. The van der Waals surface area contributed by atoms with E-state index in [1.807, 2.05) is 0 Å². The summed E-state index contributed by atoms with van der Waals surface area (Å²) in [6.45, 7) is 18.1. The van der Waals surface area contributed by atoms with Gasteiger partial charge in [0, 0.05) is 12.5 Å². The normalized spacial score (nSPS) is 12.4. The van der Waals surface area contributed by atoms with E-state index in [4.69, 9.17) is 4.65 Å². The Bertz CT molecular complexity index is 451. The van der Waals surface area contributed by atoms with Crippen LogP contribution in [0, 0.1) is 17.8 Å². The highest BCUT2D eigenvalue weighted by atomic mass is 16.4. The van der Waals surface area contributed by atoms with Gasteiger partial charge in [0.05, 0.1) is 0 Å². The molecule has 2 heteroatoms. The van der Waals surface area contributed by atoms with Crippen LogP contribution in [0.1, 0.15) is 120 Å². The predicted octanol–water partition coefficient (Wildman–Crippen LogP) is 8.25. The Morgan fingerprint density at radius 3 is 2.04 bits per heavy atom. The minimum atomic E-state index is 0.0659. The van der Waals surface area contributed by atoms with Crippen LogP contribution in [0.5, 0.6) is 0 Å². The second-order valence-corrected chi connectivity index (χ2v) is 9.16. The quantitative estimate of drug-likeness (QED) is 0.169. The maximum Gasteiger partial charge on any atom is 0.341 e. The fraction of sp³-hybridized carbons (Fsp3) is 0.840. The van der Waals surface area contributed by atoms with Gasteiger partial charge in [-0.2, -0.15) is 0 Å². The topological polar surface area (TPSA) is 9.23 Å². The van der Waals surface area contributed by atoms with E-state index in [0.717, 1.165) is 12.8 Å². The highest BCUT2D eigenvalue weighted by molar-refractivity contribution is 6.65. The summed E-state index contributed by atoms with van der Waals surface area (Å²) in [4.78, 5) is 0. The first kappa shape index (κ1) is 26.3. The minimum absolute atomic E-state index is 0.0659. The molecule has 0 aromatic carbocycles. The molecule has 0 radical (unpaired) electrons. The lowest BCUT2D eigenvalue weighted by Gasteiger charge is -2.36. The van der Waals surface area contributed by atoms with Gasteiger partial charge in [0.1, 0.15) is 0 Å². The van der Waals surface area contributed by atoms with Gasteiger partial charge in [0.25, 0.3) is 0 Å². The Labute approximate surface area is 172 Å². The second kappa shape index (κ2) is 15.3. The van der Waals surface area contributed by atoms with E-state index in [0.29, 0.717) is 5.92 Å². The summed E-state index contributed by atoms with van der Waals surface area (Å²) in [7, 11) is 0. The third-order valence-corrected chi connectivity index (χ3v) is 5.66. The van der Waals surface area contributed by atoms with Gasteiger partial charge in [0.15, 0.2) is 0 Å². The van der Waals surface area contributed by atoms with Crippen molar-refractivity contribution in [3.05, 3.63) is 11.5 Å². The molecule has 27 heavy (non-hydrogen) atoms. The largest absolute Gasteiger partial charge is 0.428 e. The fourth-order valence-electron chi connectivity index (χ4n) is 3.08. The molecule has 0 rings (SSSR count). The predicted molar refractivity (Wildman–Crippen MR) is 124 cm³/mol. The molecule has 0 heterocycles. The molecule has 0 unspecified atom stereocenters. The number of hydrogen-bond donors (Lipinski definition) is 0. The maximum atomic E-state index is 6.44. The molecule has 0 saturated heterocycles. The maximum absolute atomic E-state index is 6.44. The van der Waals surface area contributed by atoms with Crippen molar-refractivity contribution in [3.63, 3.8) is 0 Å². The van der Waals surface area contributed by atoms with E-state index < -0.39 is 0 Å². The number of allylic oxidation sites excluding steroid dienone is 2. The molecular formula is C25H47BO. The van der Waals surface area contributed by atoms with Crippen molar-refractivity contribution < 1.29 is 4.65 Å². The summed E-state index contributed by atoms with van der Waals surface area (Å²) >= 11 is 0. The molecule has 0 aliphatic heterocycles. The van der Waals surface area contributed by atoms with E-state index in [9.17, 15) is 0 Å². The molecule has 156 valence electrons. The number of unbranched alkanes of at least 4 members (excludes halogenated alkanes) is 8. The van der Waals surface area contributed by atoms with Crippen molar-refractivity contribution >= 4 is 6.92 Å². The molecular weight excluding hydrogens is 327 g/mol. The van der Waals surface area contributed by atoms with E-state index >= 15 is 0 Å². The summed E-state index contributed by atoms with van der Waals surface area (Å²) < 4.78 is 6.44. The lowest BCUT2D eigenvalue weighted by atomic mass is 9.39. The zero-order valence-electron chi connectivity index (χ0n) is 19.8. The molecule has 0 N–H and O–H groups in total. The molecule has 0 fully saturated rings. The van der Waals surface area contributed by atoms with Crippen LogP contribution < -0.4 is 0 Å². The Balaban J connectivity index is 5.33. The van der Waals surface area contributed by atoms with Gasteiger partial charge < -0.3 is 4.65 Å². The molecule has 0 aliphatic carbocycles. The highest BCUT2D eigenvalue weighted by Gasteiger charge is 2.40. The Kier molecular flexibility index (Phi) is 14.9. The molecule has 0 bridgehead atoms. The van der Waals surface area contributed by atoms with Crippen molar-refractivity contribution in [2.24, 2.45) is 5.92 Å². The SMILES string of the molecule is CCCCCCC#C/C(=C/CCCCCC)B(OC(C)C)C(C)(C)C(C)C. The molecule has 0 atom stereocenters. The smallest absolute Gasteiger partial charge is 0.341 e. The highest BCUT2D eigenvalue weighted by Crippen LogP contribution is 2.41. The van der Waals surface area contributed by atoms with Gasteiger partial charge in [-0.15, -0.1) is 0 Å². The summed E-state index contributed by atoms with van der Waals surface area (Å²) in [5.41, 5.74) is 1.22. The third-order valence-electron chi connectivity index (χ3n) is 5.66. The zero-order chi connectivity index (χ0) is 20.7. The van der Waals surface area contributed by atoms with Crippen LogP contribution in [0.4, 0.5) is 0 Å². The lowest BCUT2D eigenvalue weighted by Crippen LogP contribution is -2.39. The van der Waals surface area contributed by atoms with E-state index in [1.165, 1.54) is 56.8 Å². The molecule has 0 aromatic heterocycles. The Morgan fingerprint density at radius 2 is 1.52 bits per heavy atom. The standard InChI is InChI=1S/C25H47BO/c1-9-11-13-15-17-19-21-24(20-18-16-14-12-10-2)26(27-23(5)6)25(7,8)22(3)4/h20,22-23H,9-18H2,1-8H3/b24-20-. The number of hydrogen-bond acceptors (Lipinski definition) is 1. The Hall–Kier alpha value is -0.675. The van der Waals surface area contributed by atoms with Gasteiger partial charge in [0.2, 0.25) is 0 Å². The van der Waals surface area contributed by atoms with Crippen molar-refractivity contribution in [1.29, 1.82) is 0 Å². The van der Waals surface area contributed by atoms with Crippen LogP contribution in [-0.4, -0.2) is 13.0 Å². The summed E-state index contributed by atoms with van der Waals surface area (Å²) in [5, 5.41) is 0.0659. The summed E-state index contributed by atoms with van der Waals surface area (Å²) in [6, 6.07) is 0. The van der Waals surface area contributed by atoms with Crippen molar-refractivity contribution in [1.82, 2.24) is 0 Å². The number of rotatable bonds is 14. The third kappa shape index (κ3) is 11.7. The van der Waals surface area contributed by atoms with Crippen LogP contribution in [0.25, 0.3) is 0 Å². The van der Waals surface area contributed by atoms with Crippen LogP contribution in [0.3, 0.4) is 0 Å². The van der Waals surface area contributed by atoms with Gasteiger partial charge in [-0.25, -0.2) is 0 Å². The van der Waals surface area contributed by atoms with Crippen molar-refractivity contribution in [2.75, 3.05) is 0 Å². The first-order valence-electron chi connectivity index (χ1n) is 11.6. The monoisotopic (exact) mass is 374 g/mol. The Morgan fingerprint density at radius 1 is 0.926 bits per heavy atom. The molecule has 0 spiro atoms. The van der Waals surface area contributed by atoms with Crippen LogP contribution in [0.15, 0.2) is 11.5 Å². The second-order valence-electron chi connectivity index (χ2n) is 9.16. The minimum Gasteiger partial charge on any atom is -0.428 e. The van der Waals surface area contributed by atoms with Crippen molar-refractivity contribution in [3.8, 4) is 11.8 Å². The molecule has 0 aliphatic rings. The van der Waals surface area contributed by atoms with Gasteiger partial charge >= 0.3 is 6.92 Å². The summed E-state index contributed by atoms with van der Waals surface area (Å²) in [5.74, 6) is 7.54. The van der Waals surface area contributed by atoms with Gasteiger partial charge in [-0.05, 0) is 49.8 Å².